The maximum atomic E-state index is 10.9. The van der Waals surface area contributed by atoms with E-state index in [0.717, 1.165) is 24.2 Å². The zero-order valence-electron chi connectivity index (χ0n) is 7.76. The number of sulfonamides is 1. The molecule has 1 rings (SSSR count). The number of unbranched alkanes of at least 4 members (excludes halogenated alkanes) is 1. The molecule has 0 saturated heterocycles. The normalized spacial score (nSPS) is 11.6. The van der Waals surface area contributed by atoms with Crippen LogP contribution in [0.15, 0.2) is 10.4 Å². The van der Waals surface area contributed by atoms with Crippen molar-refractivity contribution in [1.82, 2.24) is 4.98 Å². The molecule has 14 heavy (non-hydrogen) atoms. The predicted molar refractivity (Wildman–Crippen MR) is 53.9 cm³/mol. The molecule has 0 bridgehead atoms. The Balaban J connectivity index is 2.60. The smallest absolute Gasteiger partial charge is 0.274 e. The van der Waals surface area contributed by atoms with E-state index in [1.807, 2.05) is 6.92 Å². The lowest BCUT2D eigenvalue weighted by Gasteiger charge is -1.98. The van der Waals surface area contributed by atoms with Gasteiger partial charge in [-0.05, 0) is 6.42 Å². The molecular formula is C7H12N2O3S2. The number of primary sulfonamides is 1. The minimum atomic E-state index is -3.64. The quantitative estimate of drug-likeness (QED) is 0.772. The van der Waals surface area contributed by atoms with Gasteiger partial charge in [-0.3, -0.25) is 0 Å². The van der Waals surface area contributed by atoms with Gasteiger partial charge in [0.25, 0.3) is 5.19 Å². The van der Waals surface area contributed by atoms with Gasteiger partial charge < -0.3 is 4.74 Å². The topological polar surface area (TPSA) is 82.3 Å². The summed E-state index contributed by atoms with van der Waals surface area (Å²) in [6.07, 6.45) is 3.15. The molecule has 0 aliphatic rings. The Hall–Kier alpha value is -0.660. The highest BCUT2D eigenvalue weighted by Gasteiger charge is 2.12. The fourth-order valence-corrected chi connectivity index (χ4v) is 2.15. The summed E-state index contributed by atoms with van der Waals surface area (Å²) in [5.41, 5.74) is 0. The van der Waals surface area contributed by atoms with Crippen molar-refractivity contribution < 1.29 is 13.2 Å². The summed E-state index contributed by atoms with van der Waals surface area (Å²) in [5.74, 6) is 0. The largest absolute Gasteiger partial charge is 0.470 e. The highest BCUT2D eigenvalue weighted by molar-refractivity contribution is 7.91. The second-order valence-corrected chi connectivity index (χ2v) is 5.47. The van der Waals surface area contributed by atoms with E-state index >= 15 is 0 Å². The Kier molecular flexibility index (Phi) is 3.85. The first kappa shape index (κ1) is 11.4. The van der Waals surface area contributed by atoms with Gasteiger partial charge >= 0.3 is 0 Å². The fourth-order valence-electron chi connectivity index (χ4n) is 0.746. The van der Waals surface area contributed by atoms with Crippen LogP contribution in [0, 0.1) is 0 Å². The van der Waals surface area contributed by atoms with E-state index in [0.29, 0.717) is 11.8 Å². The molecule has 5 nitrogen and oxygen atoms in total. The average molecular weight is 236 g/mol. The molecule has 0 radical (unpaired) electrons. The molecule has 1 heterocycles. The first-order valence-electron chi connectivity index (χ1n) is 4.15. The Morgan fingerprint density at radius 3 is 2.86 bits per heavy atom. The Morgan fingerprint density at radius 2 is 2.36 bits per heavy atom. The van der Waals surface area contributed by atoms with Crippen molar-refractivity contribution >= 4 is 21.4 Å². The summed E-state index contributed by atoms with van der Waals surface area (Å²) < 4.78 is 27.0. The number of hydrogen-bond acceptors (Lipinski definition) is 5. The van der Waals surface area contributed by atoms with Gasteiger partial charge in [-0.1, -0.05) is 24.7 Å². The molecule has 7 heteroatoms. The average Bonchev–Trinajstić information content (AvgIpc) is 2.52. The van der Waals surface area contributed by atoms with Crippen LogP contribution in [0.2, 0.25) is 0 Å². The van der Waals surface area contributed by atoms with Gasteiger partial charge in [0.2, 0.25) is 10.0 Å². The maximum absolute atomic E-state index is 10.9. The summed E-state index contributed by atoms with van der Waals surface area (Å²) in [4.78, 5) is 3.79. The van der Waals surface area contributed by atoms with Crippen molar-refractivity contribution in [2.24, 2.45) is 5.14 Å². The molecule has 0 spiro atoms. The van der Waals surface area contributed by atoms with Crippen LogP contribution in [0.4, 0.5) is 0 Å². The number of rotatable bonds is 5. The minimum absolute atomic E-state index is 0.0315. The van der Waals surface area contributed by atoms with Gasteiger partial charge in [-0.15, -0.1) is 0 Å². The summed E-state index contributed by atoms with van der Waals surface area (Å²) in [5, 5.41) is 5.26. The molecule has 0 aliphatic heterocycles. The molecule has 1 aromatic rings. The zero-order chi connectivity index (χ0) is 10.6. The fraction of sp³-hybridized carbons (Fsp3) is 0.571. The molecule has 0 fully saturated rings. The number of nitrogens with two attached hydrogens (primary N) is 1. The van der Waals surface area contributed by atoms with Gasteiger partial charge in [0, 0.05) is 0 Å². The first-order valence-corrected chi connectivity index (χ1v) is 6.51. The number of thiazole rings is 1. The van der Waals surface area contributed by atoms with Crippen LogP contribution in [-0.4, -0.2) is 20.0 Å². The molecule has 0 unspecified atom stereocenters. The minimum Gasteiger partial charge on any atom is -0.470 e. The lowest BCUT2D eigenvalue weighted by Crippen LogP contribution is -2.09. The van der Waals surface area contributed by atoms with Gasteiger partial charge in [-0.25, -0.2) is 18.5 Å². The predicted octanol–water partition coefficient (Wildman–Crippen LogP) is 0.969. The van der Waals surface area contributed by atoms with Crippen molar-refractivity contribution in [3.05, 3.63) is 6.20 Å². The van der Waals surface area contributed by atoms with Crippen LogP contribution in [0.3, 0.4) is 0 Å². The molecule has 0 aromatic carbocycles. The number of nitrogens with zero attached hydrogens (tertiary/aromatic N) is 1. The van der Waals surface area contributed by atoms with Crippen LogP contribution in [0.25, 0.3) is 0 Å². The van der Waals surface area contributed by atoms with Crippen molar-refractivity contribution in [1.29, 1.82) is 0 Å². The van der Waals surface area contributed by atoms with Crippen molar-refractivity contribution in [3.8, 4) is 5.19 Å². The van der Waals surface area contributed by atoms with E-state index in [-0.39, 0.29) is 4.21 Å². The van der Waals surface area contributed by atoms with Crippen molar-refractivity contribution in [2.75, 3.05) is 6.61 Å². The number of hydrogen-bond donors (Lipinski definition) is 1. The second kappa shape index (κ2) is 4.72. The van der Waals surface area contributed by atoms with Gasteiger partial charge in [0.15, 0.2) is 4.21 Å². The van der Waals surface area contributed by atoms with E-state index in [1.165, 1.54) is 6.20 Å². The molecule has 1 aromatic heterocycles. The third kappa shape index (κ3) is 3.24. The van der Waals surface area contributed by atoms with Crippen molar-refractivity contribution in [3.63, 3.8) is 0 Å². The van der Waals surface area contributed by atoms with Gasteiger partial charge in [-0.2, -0.15) is 0 Å². The molecule has 80 valence electrons. The Morgan fingerprint density at radius 1 is 1.64 bits per heavy atom. The molecule has 0 amide bonds. The van der Waals surface area contributed by atoms with Crippen molar-refractivity contribution in [2.45, 2.75) is 24.0 Å². The lowest BCUT2D eigenvalue weighted by molar-refractivity contribution is 0.308. The summed E-state index contributed by atoms with van der Waals surface area (Å²) in [6, 6.07) is 0. The van der Waals surface area contributed by atoms with Crippen LogP contribution in [-0.2, 0) is 10.0 Å². The highest BCUT2D eigenvalue weighted by Crippen LogP contribution is 2.23. The second-order valence-electron chi connectivity index (χ2n) is 2.69. The van der Waals surface area contributed by atoms with Gasteiger partial charge in [0.05, 0.1) is 12.8 Å². The monoisotopic (exact) mass is 236 g/mol. The van der Waals surface area contributed by atoms with E-state index < -0.39 is 10.0 Å². The zero-order valence-corrected chi connectivity index (χ0v) is 9.40. The molecule has 0 aliphatic carbocycles. The molecule has 2 N–H and O–H groups in total. The Labute approximate surface area is 87.0 Å². The van der Waals surface area contributed by atoms with E-state index in [4.69, 9.17) is 9.88 Å². The van der Waals surface area contributed by atoms with Crippen LogP contribution >= 0.6 is 11.3 Å². The summed E-state index contributed by atoms with van der Waals surface area (Å²) in [6.45, 7) is 2.59. The summed E-state index contributed by atoms with van der Waals surface area (Å²) >= 11 is 0.944. The van der Waals surface area contributed by atoms with E-state index in [1.54, 1.807) is 0 Å². The maximum Gasteiger partial charge on any atom is 0.274 e. The third-order valence-corrected chi connectivity index (χ3v) is 3.78. The van der Waals surface area contributed by atoms with Crippen LogP contribution < -0.4 is 9.88 Å². The standard InChI is InChI=1S/C7H12N2O3S2/c1-2-3-4-12-7-9-5-6(13-7)14(8,10)11/h5H,2-4H2,1H3,(H2,8,10,11). The third-order valence-electron chi connectivity index (χ3n) is 1.47. The SMILES string of the molecule is CCCCOc1ncc(S(N)(=O)=O)s1. The van der Waals surface area contributed by atoms with Gasteiger partial charge in [0.1, 0.15) is 0 Å². The number of ether oxygens (including phenoxy) is 1. The number of aromatic nitrogens is 1. The molecule has 0 atom stereocenters. The summed E-state index contributed by atoms with van der Waals surface area (Å²) in [7, 11) is -3.64. The lowest BCUT2D eigenvalue weighted by atomic mass is 10.4. The van der Waals surface area contributed by atoms with E-state index in [9.17, 15) is 8.42 Å². The van der Waals surface area contributed by atoms with Crippen LogP contribution in [0.5, 0.6) is 5.19 Å². The first-order chi connectivity index (χ1) is 6.54. The Bertz CT molecular complexity index is 385. The van der Waals surface area contributed by atoms with Crippen LogP contribution in [0.1, 0.15) is 19.8 Å². The molecular weight excluding hydrogens is 224 g/mol. The van der Waals surface area contributed by atoms with E-state index in [2.05, 4.69) is 4.98 Å². The molecule has 0 saturated carbocycles. The highest BCUT2D eigenvalue weighted by atomic mass is 32.2.